The number of rotatable bonds is 5. The molecular weight excluding hydrogens is 346 g/mol. The summed E-state index contributed by atoms with van der Waals surface area (Å²) in [6.45, 7) is 2.49. The second kappa shape index (κ2) is 9.70. The Balaban J connectivity index is 1.46. The molecule has 5 nitrogen and oxygen atoms in total. The number of allylic oxidation sites excluding steroid dienone is 1. The molecule has 2 aliphatic carbocycles. The Labute approximate surface area is 163 Å². The lowest BCUT2D eigenvalue weighted by Gasteiger charge is -2.35. The van der Waals surface area contributed by atoms with E-state index in [0.717, 1.165) is 58.2 Å². The fourth-order valence-electron chi connectivity index (χ4n) is 4.36. The molecule has 0 aromatic rings. The highest BCUT2D eigenvalue weighted by Gasteiger charge is 2.35. The first kappa shape index (κ1) is 19.6. The Hall–Kier alpha value is -1.14. The van der Waals surface area contributed by atoms with Gasteiger partial charge in [-0.25, -0.2) is 0 Å². The molecular formula is C20H33N3O2S. The Bertz CT molecular complexity index is 529. The lowest BCUT2D eigenvalue weighted by molar-refractivity contribution is -0.145. The molecule has 1 heterocycles. The largest absolute Gasteiger partial charge is 0.381 e. The van der Waals surface area contributed by atoms with Gasteiger partial charge in [0.2, 0.25) is 5.91 Å². The minimum Gasteiger partial charge on any atom is -0.381 e. The van der Waals surface area contributed by atoms with Gasteiger partial charge in [-0.05, 0) is 76.4 Å². The normalized spacial score (nSPS) is 26.6. The molecule has 0 aromatic heterocycles. The smallest absolute Gasteiger partial charge is 0.244 e. The van der Waals surface area contributed by atoms with Crippen molar-refractivity contribution in [1.29, 1.82) is 0 Å². The van der Waals surface area contributed by atoms with E-state index < -0.39 is 0 Å². The van der Waals surface area contributed by atoms with Crippen LogP contribution in [0, 0.1) is 5.92 Å². The Morgan fingerprint density at radius 2 is 1.96 bits per heavy atom. The first-order chi connectivity index (χ1) is 12.7. The van der Waals surface area contributed by atoms with Crippen LogP contribution in [-0.4, -0.2) is 53.9 Å². The third kappa shape index (κ3) is 4.97. The summed E-state index contributed by atoms with van der Waals surface area (Å²) in [6.07, 6.45) is 13.7. The van der Waals surface area contributed by atoms with Crippen molar-refractivity contribution in [3.05, 3.63) is 11.6 Å². The summed E-state index contributed by atoms with van der Waals surface area (Å²) < 4.78 is 5.43. The summed E-state index contributed by atoms with van der Waals surface area (Å²) in [5.41, 5.74) is 1.55. The second-order valence-electron chi connectivity index (χ2n) is 7.74. The first-order valence-corrected chi connectivity index (χ1v) is 10.7. The molecule has 3 aliphatic rings. The number of hydrogen-bond donors (Lipinski definition) is 1. The number of carbonyl (C=O) groups is 1. The van der Waals surface area contributed by atoms with Gasteiger partial charge in [0, 0.05) is 32.7 Å². The molecule has 3 rings (SSSR count). The molecule has 0 unspecified atom stereocenters. The van der Waals surface area contributed by atoms with Crippen molar-refractivity contribution in [2.45, 2.75) is 70.3 Å². The van der Waals surface area contributed by atoms with Gasteiger partial charge >= 0.3 is 0 Å². The van der Waals surface area contributed by atoms with E-state index in [1.807, 2.05) is 10.0 Å². The fraction of sp³-hybridized carbons (Fsp3) is 0.800. The number of nitrogens with one attached hydrogen (secondary N) is 1. The molecule has 1 saturated heterocycles. The molecule has 1 saturated carbocycles. The van der Waals surface area contributed by atoms with Crippen LogP contribution >= 0.6 is 12.2 Å². The topological polar surface area (TPSA) is 44.8 Å². The summed E-state index contributed by atoms with van der Waals surface area (Å²) >= 11 is 5.60. The molecule has 0 radical (unpaired) electrons. The molecule has 26 heavy (non-hydrogen) atoms. The molecule has 6 heteroatoms. The second-order valence-corrected chi connectivity index (χ2v) is 8.12. The molecule has 0 atom stereocenters. The quantitative estimate of drug-likeness (QED) is 0.586. The van der Waals surface area contributed by atoms with Crippen LogP contribution in [0.4, 0.5) is 0 Å². The Morgan fingerprint density at radius 3 is 2.65 bits per heavy atom. The summed E-state index contributed by atoms with van der Waals surface area (Å²) in [4.78, 5) is 13.0. The zero-order chi connectivity index (χ0) is 18.4. The number of methoxy groups -OCH3 is 1. The van der Waals surface area contributed by atoms with Crippen molar-refractivity contribution >= 4 is 23.2 Å². The number of ether oxygens (including phenoxy) is 1. The Kier molecular flexibility index (Phi) is 7.32. The van der Waals surface area contributed by atoms with Crippen molar-refractivity contribution in [2.24, 2.45) is 5.92 Å². The van der Waals surface area contributed by atoms with E-state index in [1.165, 1.54) is 25.7 Å². The molecule has 2 fully saturated rings. The maximum atomic E-state index is 13.0. The van der Waals surface area contributed by atoms with Crippen LogP contribution in [0.3, 0.4) is 0 Å². The van der Waals surface area contributed by atoms with Crippen LogP contribution in [0.5, 0.6) is 0 Å². The van der Waals surface area contributed by atoms with Gasteiger partial charge in [0.05, 0.1) is 6.10 Å². The molecule has 1 amide bonds. The minimum atomic E-state index is 0.122. The predicted molar refractivity (Wildman–Crippen MR) is 108 cm³/mol. The van der Waals surface area contributed by atoms with Crippen LogP contribution < -0.4 is 5.32 Å². The van der Waals surface area contributed by atoms with E-state index in [2.05, 4.69) is 11.4 Å². The van der Waals surface area contributed by atoms with Crippen LogP contribution in [0.2, 0.25) is 0 Å². The summed E-state index contributed by atoms with van der Waals surface area (Å²) in [5.74, 6) is 0.369. The average molecular weight is 380 g/mol. The third-order valence-electron chi connectivity index (χ3n) is 5.98. The van der Waals surface area contributed by atoms with Gasteiger partial charge in [-0.15, -0.1) is 0 Å². The van der Waals surface area contributed by atoms with Gasteiger partial charge in [-0.2, -0.15) is 0 Å². The number of carbonyl (C=O) groups excluding carboxylic acids is 1. The number of amides is 1. The van der Waals surface area contributed by atoms with Gasteiger partial charge in [0.15, 0.2) is 5.11 Å². The van der Waals surface area contributed by atoms with Crippen molar-refractivity contribution < 1.29 is 9.53 Å². The van der Waals surface area contributed by atoms with E-state index in [9.17, 15) is 4.79 Å². The zero-order valence-electron chi connectivity index (χ0n) is 16.0. The summed E-state index contributed by atoms with van der Waals surface area (Å²) in [6, 6.07) is 0. The van der Waals surface area contributed by atoms with Gasteiger partial charge < -0.3 is 10.1 Å². The minimum absolute atomic E-state index is 0.122. The maximum absolute atomic E-state index is 13.0. The fourth-order valence-corrected chi connectivity index (χ4v) is 4.65. The van der Waals surface area contributed by atoms with Gasteiger partial charge in [0.25, 0.3) is 0 Å². The average Bonchev–Trinajstić information content (AvgIpc) is 3.18. The van der Waals surface area contributed by atoms with Crippen molar-refractivity contribution in [2.75, 3.05) is 26.7 Å². The van der Waals surface area contributed by atoms with Gasteiger partial charge in [0.1, 0.15) is 0 Å². The summed E-state index contributed by atoms with van der Waals surface area (Å²) in [5, 5.41) is 7.98. The van der Waals surface area contributed by atoms with Crippen LogP contribution in [0.15, 0.2) is 11.6 Å². The third-order valence-corrected chi connectivity index (χ3v) is 6.34. The lowest BCUT2D eigenvalue weighted by Crippen LogP contribution is -2.51. The number of hydrazine groups is 1. The van der Waals surface area contributed by atoms with Gasteiger partial charge in [-0.1, -0.05) is 11.6 Å². The molecule has 146 valence electrons. The molecule has 1 N–H and O–H groups in total. The van der Waals surface area contributed by atoms with Crippen molar-refractivity contribution in [3.8, 4) is 0 Å². The molecule has 0 spiro atoms. The lowest BCUT2D eigenvalue weighted by atomic mass is 9.86. The number of thiocarbonyl (C=S) groups is 1. The van der Waals surface area contributed by atoms with Crippen molar-refractivity contribution in [3.63, 3.8) is 0 Å². The standard InChI is InChI=1S/C20H33N3O2S/c1-25-18-10-8-17(9-11-18)19(24)22-14-5-15-23(22)20(26)21-13-12-16-6-3-2-4-7-16/h6,17-18H,2-5,7-15H2,1H3,(H,21,26). The highest BCUT2D eigenvalue weighted by molar-refractivity contribution is 7.80. The van der Waals surface area contributed by atoms with E-state index >= 15 is 0 Å². The van der Waals surface area contributed by atoms with Gasteiger partial charge in [-0.3, -0.25) is 14.8 Å². The zero-order valence-corrected chi connectivity index (χ0v) is 16.9. The van der Waals surface area contributed by atoms with Crippen LogP contribution in [0.25, 0.3) is 0 Å². The van der Waals surface area contributed by atoms with Crippen LogP contribution in [-0.2, 0) is 9.53 Å². The number of nitrogens with zero attached hydrogens (tertiary/aromatic N) is 2. The van der Waals surface area contributed by atoms with E-state index in [1.54, 1.807) is 12.7 Å². The van der Waals surface area contributed by atoms with Crippen LogP contribution in [0.1, 0.15) is 64.2 Å². The summed E-state index contributed by atoms with van der Waals surface area (Å²) in [7, 11) is 1.77. The Morgan fingerprint density at radius 1 is 1.19 bits per heavy atom. The van der Waals surface area contributed by atoms with E-state index in [4.69, 9.17) is 17.0 Å². The first-order valence-electron chi connectivity index (χ1n) is 10.3. The van der Waals surface area contributed by atoms with E-state index in [-0.39, 0.29) is 11.8 Å². The predicted octanol–water partition coefficient (Wildman–Crippen LogP) is 3.41. The molecule has 0 aromatic carbocycles. The maximum Gasteiger partial charge on any atom is 0.244 e. The monoisotopic (exact) mass is 379 g/mol. The number of hydrogen-bond acceptors (Lipinski definition) is 3. The highest BCUT2D eigenvalue weighted by atomic mass is 32.1. The molecule has 1 aliphatic heterocycles. The highest BCUT2D eigenvalue weighted by Crippen LogP contribution is 2.29. The van der Waals surface area contributed by atoms with E-state index in [0.29, 0.717) is 11.2 Å². The van der Waals surface area contributed by atoms with Crippen molar-refractivity contribution in [1.82, 2.24) is 15.3 Å². The SMILES string of the molecule is COC1CCC(C(=O)N2CCCN2C(=S)NCCC2=CCCCC2)CC1. The molecule has 0 bridgehead atoms.